The molecule has 3 heterocycles. The lowest BCUT2D eigenvalue weighted by atomic mass is 9.81. The highest BCUT2D eigenvalue weighted by Gasteiger charge is 2.31. The number of halogens is 1. The second-order valence-corrected chi connectivity index (χ2v) is 9.28. The number of thiazole rings is 1. The molecule has 3 aromatic rings. The number of hydrogen-bond donors (Lipinski definition) is 1. The Bertz CT molecular complexity index is 1030. The Morgan fingerprint density at radius 2 is 2.00 bits per heavy atom. The zero-order valence-electron chi connectivity index (χ0n) is 16.6. The summed E-state index contributed by atoms with van der Waals surface area (Å²) in [7, 11) is 0. The molecule has 30 heavy (non-hydrogen) atoms. The number of nitrogens with zero attached hydrogens (tertiary/aromatic N) is 4. The Morgan fingerprint density at radius 3 is 2.73 bits per heavy atom. The number of fused-ring (bicyclic) bond motifs is 1. The number of carbonyl (C=O) groups is 1. The Hall–Kier alpha value is -2.45. The van der Waals surface area contributed by atoms with Gasteiger partial charge in [-0.3, -0.25) is 14.7 Å². The highest BCUT2D eigenvalue weighted by Crippen LogP contribution is 2.32. The summed E-state index contributed by atoms with van der Waals surface area (Å²) < 4.78 is 13.0. The zero-order chi connectivity index (χ0) is 20.5. The lowest BCUT2D eigenvalue weighted by Gasteiger charge is -2.38. The van der Waals surface area contributed by atoms with Gasteiger partial charge in [0.05, 0.1) is 15.9 Å². The number of likely N-dealkylation sites (tertiary alicyclic amines) is 1. The average Bonchev–Trinajstić information content (AvgIpc) is 3.27. The summed E-state index contributed by atoms with van der Waals surface area (Å²) in [4.78, 5) is 20.2. The van der Waals surface area contributed by atoms with E-state index in [9.17, 15) is 9.18 Å². The van der Waals surface area contributed by atoms with Gasteiger partial charge in [-0.1, -0.05) is 6.07 Å². The molecule has 5 rings (SSSR count). The van der Waals surface area contributed by atoms with Crippen LogP contribution in [0, 0.1) is 11.8 Å². The van der Waals surface area contributed by atoms with Crippen LogP contribution in [0.15, 0.2) is 36.0 Å². The fourth-order valence-corrected chi connectivity index (χ4v) is 5.09. The van der Waals surface area contributed by atoms with E-state index >= 15 is 0 Å². The Kier molecular flexibility index (Phi) is 5.43. The first kappa shape index (κ1) is 19.5. The Morgan fingerprint density at radius 1 is 1.17 bits per heavy atom. The van der Waals surface area contributed by atoms with Crippen LogP contribution in [0.4, 0.5) is 10.2 Å². The third-order valence-corrected chi connectivity index (χ3v) is 7.02. The monoisotopic (exact) mass is 425 g/mol. The van der Waals surface area contributed by atoms with E-state index in [1.54, 1.807) is 11.3 Å². The molecular formula is C22H24FN5OS. The van der Waals surface area contributed by atoms with Crippen LogP contribution in [0.3, 0.4) is 0 Å². The van der Waals surface area contributed by atoms with Gasteiger partial charge < -0.3 is 5.32 Å². The quantitative estimate of drug-likeness (QED) is 0.665. The van der Waals surface area contributed by atoms with Crippen molar-refractivity contribution in [2.45, 2.75) is 31.9 Å². The van der Waals surface area contributed by atoms with Gasteiger partial charge in [-0.15, -0.1) is 21.5 Å². The minimum absolute atomic E-state index is 0.00703. The van der Waals surface area contributed by atoms with Crippen LogP contribution >= 0.6 is 11.3 Å². The Labute approximate surface area is 178 Å². The van der Waals surface area contributed by atoms with Gasteiger partial charge in [0, 0.05) is 37.1 Å². The molecule has 1 amide bonds. The van der Waals surface area contributed by atoms with E-state index in [1.165, 1.54) is 0 Å². The van der Waals surface area contributed by atoms with Crippen LogP contribution in [0.25, 0.3) is 21.3 Å². The van der Waals surface area contributed by atoms with E-state index in [-0.39, 0.29) is 11.8 Å². The van der Waals surface area contributed by atoms with Crippen LogP contribution in [0.5, 0.6) is 0 Å². The van der Waals surface area contributed by atoms with E-state index in [2.05, 4.69) is 31.5 Å². The smallest absolute Gasteiger partial charge is 0.228 e. The lowest BCUT2D eigenvalue weighted by molar-refractivity contribution is -0.121. The first-order valence-corrected chi connectivity index (χ1v) is 11.4. The molecule has 0 bridgehead atoms. The number of amides is 1. The fraction of sp³-hybridized carbons (Fsp3) is 0.455. The van der Waals surface area contributed by atoms with Gasteiger partial charge in [-0.2, -0.15) is 0 Å². The summed E-state index contributed by atoms with van der Waals surface area (Å²) in [5.74, 6) is 1.10. The molecule has 1 aliphatic heterocycles. The topological polar surface area (TPSA) is 71.0 Å². The second kappa shape index (κ2) is 8.35. The molecule has 0 unspecified atom stereocenters. The molecular weight excluding hydrogens is 401 g/mol. The van der Waals surface area contributed by atoms with Gasteiger partial charge in [0.2, 0.25) is 5.91 Å². The van der Waals surface area contributed by atoms with Crippen molar-refractivity contribution < 1.29 is 9.18 Å². The minimum atomic E-state index is -0.645. The molecule has 2 aliphatic rings. The zero-order valence-corrected chi connectivity index (χ0v) is 17.4. The summed E-state index contributed by atoms with van der Waals surface area (Å²) in [6.07, 6.45) is 4.99. The predicted octanol–water partition coefficient (Wildman–Crippen LogP) is 4.15. The number of alkyl halides is 1. The number of benzene rings is 1. The second-order valence-electron chi connectivity index (χ2n) is 8.39. The van der Waals surface area contributed by atoms with Gasteiger partial charge in [-0.05, 0) is 55.4 Å². The normalized spacial score (nSPS) is 22.7. The van der Waals surface area contributed by atoms with Gasteiger partial charge in [-0.25, -0.2) is 4.39 Å². The molecule has 0 atom stereocenters. The summed E-state index contributed by atoms with van der Waals surface area (Å²) in [6, 6.07) is 7.88. The summed E-state index contributed by atoms with van der Waals surface area (Å²) >= 11 is 1.59. The Balaban J connectivity index is 1.20. The fourth-order valence-electron chi connectivity index (χ4n) is 4.47. The molecule has 1 saturated heterocycles. The third kappa shape index (κ3) is 4.20. The number of carbonyl (C=O) groups excluding carboxylic acids is 1. The summed E-state index contributed by atoms with van der Waals surface area (Å²) in [5, 5.41) is 12.3. The highest BCUT2D eigenvalue weighted by atomic mass is 32.1. The first-order valence-electron chi connectivity index (χ1n) is 10.5. The van der Waals surface area contributed by atoms with Crippen molar-refractivity contribution in [3.63, 3.8) is 0 Å². The average molecular weight is 426 g/mol. The van der Waals surface area contributed by atoms with E-state index in [0.29, 0.717) is 24.8 Å². The maximum atomic E-state index is 13.0. The van der Waals surface area contributed by atoms with E-state index < -0.39 is 6.17 Å². The van der Waals surface area contributed by atoms with Crippen LogP contribution in [-0.2, 0) is 4.79 Å². The number of anilines is 1. The van der Waals surface area contributed by atoms with E-state index in [1.807, 2.05) is 29.9 Å². The molecule has 0 radical (unpaired) electrons. The van der Waals surface area contributed by atoms with E-state index in [4.69, 9.17) is 0 Å². The first-order chi connectivity index (χ1) is 14.6. The van der Waals surface area contributed by atoms with Gasteiger partial charge >= 0.3 is 0 Å². The molecule has 0 spiro atoms. The molecule has 8 heteroatoms. The molecule has 2 aromatic heterocycles. The van der Waals surface area contributed by atoms with Crippen molar-refractivity contribution in [3.8, 4) is 10.4 Å². The van der Waals surface area contributed by atoms with Crippen LogP contribution in [0.1, 0.15) is 25.7 Å². The van der Waals surface area contributed by atoms with Crippen molar-refractivity contribution in [1.82, 2.24) is 20.1 Å². The van der Waals surface area contributed by atoms with Gasteiger partial charge in [0.15, 0.2) is 5.82 Å². The molecule has 1 N–H and O–H groups in total. The molecule has 1 aliphatic carbocycles. The molecule has 2 fully saturated rings. The van der Waals surface area contributed by atoms with Crippen molar-refractivity contribution in [2.75, 3.05) is 25.0 Å². The molecule has 6 nitrogen and oxygen atoms in total. The highest BCUT2D eigenvalue weighted by molar-refractivity contribution is 7.13. The molecule has 156 valence electrons. The van der Waals surface area contributed by atoms with Crippen LogP contribution in [0.2, 0.25) is 0 Å². The maximum Gasteiger partial charge on any atom is 0.228 e. The number of aromatic nitrogens is 3. The third-order valence-electron chi connectivity index (χ3n) is 6.20. The van der Waals surface area contributed by atoms with Crippen molar-refractivity contribution in [3.05, 3.63) is 36.0 Å². The van der Waals surface area contributed by atoms with Gasteiger partial charge in [0.25, 0.3) is 0 Å². The summed E-state index contributed by atoms with van der Waals surface area (Å²) in [5.41, 5.74) is 3.68. The van der Waals surface area contributed by atoms with E-state index in [0.717, 1.165) is 53.6 Å². The van der Waals surface area contributed by atoms with Crippen LogP contribution in [-0.4, -0.2) is 51.8 Å². The number of hydrogen-bond acceptors (Lipinski definition) is 6. The minimum Gasteiger partial charge on any atom is -0.309 e. The van der Waals surface area contributed by atoms with Crippen molar-refractivity contribution in [2.24, 2.45) is 11.8 Å². The van der Waals surface area contributed by atoms with Crippen molar-refractivity contribution >= 4 is 34.0 Å². The largest absolute Gasteiger partial charge is 0.309 e. The predicted molar refractivity (Wildman–Crippen MR) is 116 cm³/mol. The maximum absolute atomic E-state index is 13.0. The lowest BCUT2D eigenvalue weighted by Crippen LogP contribution is -2.50. The number of rotatable bonds is 5. The molecule has 1 aromatic carbocycles. The van der Waals surface area contributed by atoms with Crippen LogP contribution < -0.4 is 5.32 Å². The van der Waals surface area contributed by atoms with Crippen molar-refractivity contribution in [1.29, 1.82) is 0 Å². The number of nitrogens with one attached hydrogen (secondary N) is 1. The van der Waals surface area contributed by atoms with Gasteiger partial charge in [0.1, 0.15) is 6.17 Å². The SMILES string of the molecule is O=C(Nc1cc2cc(-c3cncs3)ccc2nn1)C1CCC(CN2CC(F)C2)CC1. The standard InChI is InChI=1S/C22H24FN5OS/c23-18-11-28(12-18)10-14-1-3-15(4-2-14)22(29)25-21-8-17-7-16(20-9-24-13-30-20)5-6-19(17)26-27-21/h5-9,13-15,18H,1-4,10-12H2,(H,25,27,29). The molecule has 1 saturated carbocycles. The summed E-state index contributed by atoms with van der Waals surface area (Å²) in [6.45, 7) is 2.12.